The van der Waals surface area contributed by atoms with E-state index in [2.05, 4.69) is 29.2 Å². The second-order valence-electron chi connectivity index (χ2n) is 10.4. The standard InChI is InChI=1S/C27H48N6O4/c1-6-27(5,12-14-32-33-30)37-17-13-26(3,4)36-18-15-31-25(34)24(29)19-22-7-9-23(10-8-22)35-16-11-21(2)20-28/h7-10,21,24H,6,11-20,28-29H2,1-5H3,(H,31,34)/t21?,24-,27?/m0/s1. The third-order valence-corrected chi connectivity index (χ3v) is 6.60. The van der Waals surface area contributed by atoms with Gasteiger partial charge in [0.15, 0.2) is 0 Å². The normalized spacial score (nSPS) is 14.8. The minimum absolute atomic E-state index is 0.209. The van der Waals surface area contributed by atoms with Crippen molar-refractivity contribution in [2.75, 3.05) is 39.5 Å². The SMILES string of the molecule is CCC(C)(CCN=[N+]=[N-])OCCC(C)(C)OCCNC(=O)[C@@H](N)Cc1ccc(OCCC(C)CN)cc1. The second-order valence-corrected chi connectivity index (χ2v) is 10.4. The summed E-state index contributed by atoms with van der Waals surface area (Å²) in [6.07, 6.45) is 3.55. The fourth-order valence-corrected chi connectivity index (χ4v) is 3.49. The fraction of sp³-hybridized carbons (Fsp3) is 0.741. The van der Waals surface area contributed by atoms with Crippen molar-refractivity contribution in [1.82, 2.24) is 5.32 Å². The highest BCUT2D eigenvalue weighted by Gasteiger charge is 2.25. The summed E-state index contributed by atoms with van der Waals surface area (Å²) in [5.41, 5.74) is 20.4. The average molecular weight is 521 g/mol. The van der Waals surface area contributed by atoms with Crippen LogP contribution in [0.5, 0.6) is 5.75 Å². The highest BCUT2D eigenvalue weighted by molar-refractivity contribution is 5.81. The first-order chi connectivity index (χ1) is 17.5. The van der Waals surface area contributed by atoms with E-state index in [-0.39, 0.29) is 11.5 Å². The van der Waals surface area contributed by atoms with Crippen LogP contribution in [0.3, 0.4) is 0 Å². The van der Waals surface area contributed by atoms with Crippen molar-refractivity contribution in [2.45, 2.75) is 84.0 Å². The molecule has 0 aliphatic carbocycles. The van der Waals surface area contributed by atoms with Gasteiger partial charge in [-0.25, -0.2) is 0 Å². The Morgan fingerprint density at radius 2 is 1.84 bits per heavy atom. The molecule has 1 rings (SSSR count). The number of amides is 1. The zero-order chi connectivity index (χ0) is 27.7. The number of benzene rings is 1. The lowest BCUT2D eigenvalue weighted by Gasteiger charge is -2.31. The van der Waals surface area contributed by atoms with Gasteiger partial charge in [-0.05, 0) is 88.6 Å². The van der Waals surface area contributed by atoms with Crippen molar-refractivity contribution < 1.29 is 19.0 Å². The Kier molecular flexibility index (Phi) is 15.2. The van der Waals surface area contributed by atoms with Crippen LogP contribution in [-0.4, -0.2) is 62.6 Å². The van der Waals surface area contributed by atoms with Gasteiger partial charge < -0.3 is 31.0 Å². The van der Waals surface area contributed by atoms with E-state index in [9.17, 15) is 4.79 Å². The summed E-state index contributed by atoms with van der Waals surface area (Å²) in [6, 6.07) is 7.02. The predicted octanol–water partition coefficient (Wildman–Crippen LogP) is 4.11. The van der Waals surface area contributed by atoms with Gasteiger partial charge in [-0.3, -0.25) is 4.79 Å². The maximum Gasteiger partial charge on any atom is 0.237 e. The van der Waals surface area contributed by atoms with Gasteiger partial charge in [0.1, 0.15) is 5.75 Å². The van der Waals surface area contributed by atoms with E-state index in [0.29, 0.717) is 64.6 Å². The van der Waals surface area contributed by atoms with Crippen LogP contribution in [0.15, 0.2) is 29.4 Å². The maximum atomic E-state index is 12.4. The first-order valence-corrected chi connectivity index (χ1v) is 13.3. The van der Waals surface area contributed by atoms with Crippen molar-refractivity contribution in [1.29, 1.82) is 0 Å². The molecule has 37 heavy (non-hydrogen) atoms. The number of hydrogen-bond donors (Lipinski definition) is 3. The van der Waals surface area contributed by atoms with Gasteiger partial charge in [-0.2, -0.15) is 0 Å². The lowest BCUT2D eigenvalue weighted by atomic mass is 9.98. The predicted molar refractivity (Wildman–Crippen MR) is 147 cm³/mol. The van der Waals surface area contributed by atoms with E-state index in [1.165, 1.54) is 0 Å². The third-order valence-electron chi connectivity index (χ3n) is 6.60. The van der Waals surface area contributed by atoms with Gasteiger partial charge >= 0.3 is 0 Å². The topological polar surface area (TPSA) is 158 Å². The molecule has 0 aliphatic heterocycles. The number of nitrogens with zero attached hydrogens (tertiary/aromatic N) is 3. The second kappa shape index (κ2) is 17.2. The molecule has 0 bridgehead atoms. The number of azide groups is 1. The van der Waals surface area contributed by atoms with Crippen LogP contribution in [0.2, 0.25) is 0 Å². The van der Waals surface area contributed by atoms with Crippen LogP contribution in [0, 0.1) is 5.92 Å². The summed E-state index contributed by atoms with van der Waals surface area (Å²) in [5, 5.41) is 6.46. The van der Waals surface area contributed by atoms with E-state index >= 15 is 0 Å². The molecule has 0 radical (unpaired) electrons. The molecular formula is C27H48N6O4. The Bertz CT molecular complexity index is 829. The number of carbonyl (C=O) groups is 1. The molecular weight excluding hydrogens is 472 g/mol. The van der Waals surface area contributed by atoms with E-state index < -0.39 is 11.6 Å². The van der Waals surface area contributed by atoms with Crippen molar-refractivity contribution >= 4 is 5.91 Å². The summed E-state index contributed by atoms with van der Waals surface area (Å²) >= 11 is 0. The molecule has 2 unspecified atom stereocenters. The summed E-state index contributed by atoms with van der Waals surface area (Å²) in [7, 11) is 0. The van der Waals surface area contributed by atoms with E-state index in [1.807, 2.05) is 45.0 Å². The Morgan fingerprint density at radius 1 is 1.14 bits per heavy atom. The van der Waals surface area contributed by atoms with Crippen LogP contribution in [0.25, 0.3) is 10.4 Å². The van der Waals surface area contributed by atoms with Gasteiger partial charge in [-0.1, -0.05) is 31.1 Å². The number of carbonyl (C=O) groups excluding carboxylic acids is 1. The monoisotopic (exact) mass is 520 g/mol. The van der Waals surface area contributed by atoms with E-state index in [4.69, 9.17) is 31.2 Å². The Hall–Kier alpha value is -2.36. The molecule has 1 aromatic rings. The molecule has 10 heteroatoms. The zero-order valence-corrected chi connectivity index (χ0v) is 23.4. The number of hydrogen-bond acceptors (Lipinski definition) is 7. The fourth-order valence-electron chi connectivity index (χ4n) is 3.49. The highest BCUT2D eigenvalue weighted by Crippen LogP contribution is 2.23. The largest absolute Gasteiger partial charge is 0.494 e. The van der Waals surface area contributed by atoms with E-state index in [1.54, 1.807) is 0 Å². The number of nitrogens with two attached hydrogens (primary N) is 2. The molecule has 3 atom stereocenters. The van der Waals surface area contributed by atoms with Gasteiger partial charge in [0.05, 0.1) is 37.1 Å². The van der Waals surface area contributed by atoms with Crippen LogP contribution in [-0.2, 0) is 20.7 Å². The van der Waals surface area contributed by atoms with Crippen LogP contribution < -0.4 is 21.5 Å². The summed E-state index contributed by atoms with van der Waals surface area (Å²) in [5.74, 6) is 1.02. The summed E-state index contributed by atoms with van der Waals surface area (Å²) in [6.45, 7) is 13.2. The molecule has 10 nitrogen and oxygen atoms in total. The average Bonchev–Trinajstić information content (AvgIpc) is 2.87. The van der Waals surface area contributed by atoms with Gasteiger partial charge in [0.2, 0.25) is 5.91 Å². The minimum atomic E-state index is -0.643. The lowest BCUT2D eigenvalue weighted by Crippen LogP contribution is -2.43. The molecule has 0 aliphatic rings. The van der Waals surface area contributed by atoms with Crippen LogP contribution >= 0.6 is 0 Å². The number of ether oxygens (including phenoxy) is 3. The molecule has 1 aromatic carbocycles. The molecule has 0 saturated carbocycles. The number of nitrogens with one attached hydrogen (secondary N) is 1. The molecule has 0 saturated heterocycles. The molecule has 0 fully saturated rings. The molecule has 210 valence electrons. The number of rotatable bonds is 20. The summed E-state index contributed by atoms with van der Waals surface area (Å²) < 4.78 is 17.8. The van der Waals surface area contributed by atoms with Gasteiger partial charge in [0, 0.05) is 18.0 Å². The first kappa shape index (κ1) is 32.7. The van der Waals surface area contributed by atoms with Gasteiger partial charge in [0.25, 0.3) is 0 Å². The van der Waals surface area contributed by atoms with E-state index in [0.717, 1.165) is 24.2 Å². The van der Waals surface area contributed by atoms with Crippen LogP contribution in [0.4, 0.5) is 0 Å². The first-order valence-electron chi connectivity index (χ1n) is 13.3. The molecule has 0 heterocycles. The molecule has 5 N–H and O–H groups in total. The van der Waals surface area contributed by atoms with Crippen LogP contribution in [0.1, 0.15) is 65.9 Å². The Morgan fingerprint density at radius 3 is 2.46 bits per heavy atom. The summed E-state index contributed by atoms with van der Waals surface area (Å²) in [4.78, 5) is 15.2. The maximum absolute atomic E-state index is 12.4. The third kappa shape index (κ3) is 14.2. The van der Waals surface area contributed by atoms with Crippen molar-refractivity contribution in [2.24, 2.45) is 22.5 Å². The Balaban J connectivity index is 2.31. The smallest absolute Gasteiger partial charge is 0.237 e. The molecule has 0 spiro atoms. The quantitative estimate of drug-likeness (QED) is 0.102. The minimum Gasteiger partial charge on any atom is -0.494 e. The Labute approximate surface area is 222 Å². The molecule has 1 amide bonds. The van der Waals surface area contributed by atoms with Crippen molar-refractivity contribution in [3.8, 4) is 5.75 Å². The molecule has 0 aromatic heterocycles. The lowest BCUT2D eigenvalue weighted by molar-refractivity contribution is -0.123. The zero-order valence-electron chi connectivity index (χ0n) is 23.4. The van der Waals surface area contributed by atoms with Crippen molar-refractivity contribution in [3.63, 3.8) is 0 Å². The van der Waals surface area contributed by atoms with Crippen molar-refractivity contribution in [3.05, 3.63) is 40.3 Å². The highest BCUT2D eigenvalue weighted by atomic mass is 16.5. The van der Waals surface area contributed by atoms with Gasteiger partial charge in [-0.15, -0.1) is 0 Å².